The summed E-state index contributed by atoms with van der Waals surface area (Å²) in [6, 6.07) is 5.47. The number of ether oxygens (including phenoxy) is 2. The molecule has 0 bridgehead atoms. The van der Waals surface area contributed by atoms with Crippen molar-refractivity contribution >= 4 is 17.8 Å². The number of methoxy groups -OCH3 is 1. The molecule has 162 valence electrons. The molecule has 2 heterocycles. The van der Waals surface area contributed by atoms with Gasteiger partial charge in [-0.2, -0.15) is 5.10 Å². The van der Waals surface area contributed by atoms with Gasteiger partial charge in [-0.05, 0) is 38.2 Å². The van der Waals surface area contributed by atoms with Crippen molar-refractivity contribution in [3.63, 3.8) is 0 Å². The molecule has 9 heteroatoms. The van der Waals surface area contributed by atoms with Crippen molar-refractivity contribution in [3.8, 4) is 5.88 Å². The Bertz CT molecular complexity index is 851. The summed E-state index contributed by atoms with van der Waals surface area (Å²) in [6.45, 7) is 3.96. The Kier molecular flexibility index (Phi) is 7.26. The maximum atomic E-state index is 12.3. The average molecular weight is 415 g/mol. The third-order valence-electron chi connectivity index (χ3n) is 5.31. The maximum Gasteiger partial charge on any atom is 0.407 e. The van der Waals surface area contributed by atoms with Crippen LogP contribution < -0.4 is 15.4 Å². The van der Waals surface area contributed by atoms with E-state index in [2.05, 4.69) is 25.8 Å². The zero-order valence-corrected chi connectivity index (χ0v) is 17.6. The van der Waals surface area contributed by atoms with Gasteiger partial charge in [0.05, 0.1) is 13.5 Å². The van der Waals surface area contributed by atoms with Gasteiger partial charge in [0.1, 0.15) is 6.10 Å². The van der Waals surface area contributed by atoms with Gasteiger partial charge in [0.25, 0.3) is 0 Å². The van der Waals surface area contributed by atoms with Crippen molar-refractivity contribution < 1.29 is 19.1 Å². The fraction of sp³-hybridized carbons (Fsp3) is 0.524. The summed E-state index contributed by atoms with van der Waals surface area (Å²) in [5.74, 6) is 1.03. The number of carbonyl (C=O) groups excluding carboxylic acids is 2. The number of aromatic amines is 1. The lowest BCUT2D eigenvalue weighted by atomic mass is 10.0. The first-order chi connectivity index (χ1) is 14.5. The number of nitrogens with zero attached hydrogens (tertiary/aromatic N) is 2. The van der Waals surface area contributed by atoms with Gasteiger partial charge >= 0.3 is 6.09 Å². The van der Waals surface area contributed by atoms with Crippen LogP contribution in [-0.2, 0) is 16.0 Å². The number of alkyl carbamates (subject to hydrolysis) is 1. The highest BCUT2D eigenvalue weighted by molar-refractivity contribution is 5.91. The van der Waals surface area contributed by atoms with E-state index < -0.39 is 0 Å². The van der Waals surface area contributed by atoms with Crippen molar-refractivity contribution in [2.75, 3.05) is 12.4 Å². The molecule has 2 amide bonds. The molecule has 3 atom stereocenters. The Balaban J connectivity index is 1.47. The molecule has 3 N–H and O–H groups in total. The number of amides is 2. The molecular weight excluding hydrogens is 386 g/mol. The molecule has 1 fully saturated rings. The van der Waals surface area contributed by atoms with E-state index in [0.717, 1.165) is 36.9 Å². The predicted octanol–water partition coefficient (Wildman–Crippen LogP) is 3.16. The predicted molar refractivity (Wildman–Crippen MR) is 111 cm³/mol. The van der Waals surface area contributed by atoms with Crippen LogP contribution in [0, 0.1) is 0 Å². The van der Waals surface area contributed by atoms with Gasteiger partial charge in [0.15, 0.2) is 5.82 Å². The lowest BCUT2D eigenvalue weighted by Crippen LogP contribution is -2.34. The second-order valence-electron chi connectivity index (χ2n) is 7.63. The molecule has 2 aromatic rings. The molecule has 0 saturated heterocycles. The molecule has 2 aromatic heterocycles. The number of hydrogen-bond donors (Lipinski definition) is 3. The van der Waals surface area contributed by atoms with E-state index in [9.17, 15) is 9.59 Å². The Labute approximate surface area is 175 Å². The van der Waals surface area contributed by atoms with Gasteiger partial charge in [-0.25, -0.2) is 9.78 Å². The molecule has 1 aliphatic carbocycles. The second kappa shape index (κ2) is 10.1. The van der Waals surface area contributed by atoms with E-state index >= 15 is 0 Å². The van der Waals surface area contributed by atoms with Crippen molar-refractivity contribution in [1.82, 2.24) is 20.5 Å². The molecule has 30 heavy (non-hydrogen) atoms. The zero-order chi connectivity index (χ0) is 21.5. The van der Waals surface area contributed by atoms with E-state index in [-0.39, 0.29) is 36.5 Å². The standard InChI is InChI=1S/C21H29N5O4/c1-4-13(2)23-21(28)30-16-7-6-15(10-16)17-11-18(26-25-17)24-19(27)9-14-5-8-20(29-3)22-12-14/h5,8,11-13,15-16H,4,6-7,9-10H2,1-3H3,(H,23,28)(H2,24,25,26,27)/t13-,15-,16+/m0/s1. The number of carbonyl (C=O) groups is 2. The molecule has 0 radical (unpaired) electrons. The first-order valence-electron chi connectivity index (χ1n) is 10.3. The summed E-state index contributed by atoms with van der Waals surface area (Å²) in [7, 11) is 1.55. The fourth-order valence-electron chi connectivity index (χ4n) is 3.44. The summed E-state index contributed by atoms with van der Waals surface area (Å²) >= 11 is 0. The van der Waals surface area contributed by atoms with E-state index in [4.69, 9.17) is 9.47 Å². The van der Waals surface area contributed by atoms with E-state index in [0.29, 0.717) is 11.7 Å². The largest absolute Gasteiger partial charge is 0.481 e. The van der Waals surface area contributed by atoms with Crippen LogP contribution in [-0.4, -0.2) is 46.4 Å². The van der Waals surface area contributed by atoms with Crippen LogP contribution in [0.1, 0.15) is 56.7 Å². The maximum absolute atomic E-state index is 12.3. The minimum atomic E-state index is -0.361. The summed E-state index contributed by atoms with van der Waals surface area (Å²) < 4.78 is 10.5. The summed E-state index contributed by atoms with van der Waals surface area (Å²) in [6.07, 6.45) is 4.65. The third kappa shape index (κ3) is 5.95. The molecule has 0 unspecified atom stereocenters. The van der Waals surface area contributed by atoms with Gasteiger partial charge in [0, 0.05) is 36.0 Å². The number of aromatic nitrogens is 3. The summed E-state index contributed by atoms with van der Waals surface area (Å²) in [5.41, 5.74) is 1.72. The highest BCUT2D eigenvalue weighted by atomic mass is 16.6. The normalized spacial score (nSPS) is 19.2. The lowest BCUT2D eigenvalue weighted by molar-refractivity contribution is -0.115. The molecule has 1 aliphatic rings. The van der Waals surface area contributed by atoms with E-state index in [1.807, 2.05) is 19.9 Å². The average Bonchev–Trinajstić information content (AvgIpc) is 3.37. The first-order valence-corrected chi connectivity index (χ1v) is 10.3. The summed E-state index contributed by atoms with van der Waals surface area (Å²) in [5, 5.41) is 12.8. The SMILES string of the molecule is CC[C@H](C)NC(=O)O[C@@H]1CC[C@H](c2cc(NC(=O)Cc3ccc(OC)nc3)n[nH]2)C1. The first kappa shape index (κ1) is 21.6. The van der Waals surface area contributed by atoms with Gasteiger partial charge < -0.3 is 20.1 Å². The highest BCUT2D eigenvalue weighted by Gasteiger charge is 2.30. The minimum absolute atomic E-state index is 0.0992. The van der Waals surface area contributed by atoms with Gasteiger partial charge in [0.2, 0.25) is 11.8 Å². The molecule has 9 nitrogen and oxygen atoms in total. The van der Waals surface area contributed by atoms with Crippen LogP contribution in [0.5, 0.6) is 5.88 Å². The molecule has 1 saturated carbocycles. The smallest absolute Gasteiger partial charge is 0.407 e. The van der Waals surface area contributed by atoms with Crippen LogP contribution in [0.25, 0.3) is 0 Å². The van der Waals surface area contributed by atoms with E-state index in [1.165, 1.54) is 0 Å². The lowest BCUT2D eigenvalue weighted by Gasteiger charge is -2.16. The Morgan fingerprint density at radius 2 is 2.17 bits per heavy atom. The number of hydrogen-bond acceptors (Lipinski definition) is 6. The van der Waals surface area contributed by atoms with Crippen LogP contribution in [0.3, 0.4) is 0 Å². The van der Waals surface area contributed by atoms with Gasteiger partial charge in [-0.1, -0.05) is 13.0 Å². The van der Waals surface area contributed by atoms with Crippen LogP contribution >= 0.6 is 0 Å². The number of anilines is 1. The highest BCUT2D eigenvalue weighted by Crippen LogP contribution is 2.35. The second-order valence-corrected chi connectivity index (χ2v) is 7.63. The van der Waals surface area contributed by atoms with Gasteiger partial charge in [-0.3, -0.25) is 9.89 Å². The molecule has 3 rings (SSSR count). The molecule has 0 aromatic carbocycles. The topological polar surface area (TPSA) is 118 Å². The zero-order valence-electron chi connectivity index (χ0n) is 17.6. The number of H-pyrrole nitrogens is 1. The number of nitrogens with one attached hydrogen (secondary N) is 3. The van der Waals surface area contributed by atoms with Crippen LogP contribution in [0.2, 0.25) is 0 Å². The quantitative estimate of drug-likeness (QED) is 0.609. The van der Waals surface area contributed by atoms with Gasteiger partial charge in [-0.15, -0.1) is 0 Å². The minimum Gasteiger partial charge on any atom is -0.481 e. The fourth-order valence-corrected chi connectivity index (χ4v) is 3.44. The Morgan fingerprint density at radius 3 is 2.87 bits per heavy atom. The Hall–Kier alpha value is -3.10. The summed E-state index contributed by atoms with van der Waals surface area (Å²) in [4.78, 5) is 28.3. The third-order valence-corrected chi connectivity index (χ3v) is 5.31. The molecule has 0 spiro atoms. The number of rotatable bonds is 8. The monoisotopic (exact) mass is 415 g/mol. The molecule has 0 aliphatic heterocycles. The van der Waals surface area contributed by atoms with Crippen LogP contribution in [0.4, 0.5) is 10.6 Å². The van der Waals surface area contributed by atoms with Crippen molar-refractivity contribution in [1.29, 1.82) is 0 Å². The van der Waals surface area contributed by atoms with Crippen molar-refractivity contribution in [2.24, 2.45) is 0 Å². The Morgan fingerprint density at radius 1 is 1.33 bits per heavy atom. The van der Waals surface area contributed by atoms with Crippen LogP contribution in [0.15, 0.2) is 24.4 Å². The number of pyridine rings is 1. The van der Waals surface area contributed by atoms with Crippen molar-refractivity contribution in [3.05, 3.63) is 35.7 Å². The van der Waals surface area contributed by atoms with Crippen molar-refractivity contribution in [2.45, 2.75) is 64.0 Å². The van der Waals surface area contributed by atoms with E-state index in [1.54, 1.807) is 25.4 Å². The molecular formula is C21H29N5O4.